The van der Waals surface area contributed by atoms with Gasteiger partial charge in [0.15, 0.2) is 23.1 Å². The zero-order chi connectivity index (χ0) is 91.1. The highest BCUT2D eigenvalue weighted by Gasteiger charge is 2.39. The van der Waals surface area contributed by atoms with Gasteiger partial charge in [0, 0.05) is 63.4 Å². The lowest BCUT2D eigenvalue weighted by Gasteiger charge is -2.31. The molecule has 2 atom stereocenters. The van der Waals surface area contributed by atoms with Crippen LogP contribution in [0.25, 0.3) is 0 Å². The van der Waals surface area contributed by atoms with E-state index in [9.17, 15) is 38.4 Å². The van der Waals surface area contributed by atoms with Gasteiger partial charge in [-0.05, 0) is 186 Å². The smallest absolute Gasteiger partial charge is 0.408 e. The van der Waals surface area contributed by atoms with Crippen LogP contribution in [0.3, 0.4) is 0 Å². The van der Waals surface area contributed by atoms with Gasteiger partial charge < -0.3 is 25.4 Å². The number of unbranched alkanes of at least 4 members (excludes halogenated alkanes) is 9. The largest absolute Gasteiger partial charge is 0.444 e. The molecule has 0 aliphatic heterocycles. The van der Waals surface area contributed by atoms with Crippen molar-refractivity contribution in [3.63, 3.8) is 0 Å². The predicted octanol–water partition coefficient (Wildman–Crippen LogP) is 28.3. The van der Waals surface area contributed by atoms with Crippen molar-refractivity contribution in [1.82, 2.24) is 16.0 Å². The molecule has 0 spiro atoms. The summed E-state index contributed by atoms with van der Waals surface area (Å²) in [7, 11) is 0. The molecule has 0 aliphatic rings. The van der Waals surface area contributed by atoms with Crippen LogP contribution in [0.5, 0.6) is 0 Å². The third-order valence-corrected chi connectivity index (χ3v) is 20.3. The lowest BCUT2D eigenvalue weighted by Crippen LogP contribution is -2.47. The van der Waals surface area contributed by atoms with E-state index in [2.05, 4.69) is 168 Å². The number of nitrogens with one attached hydrogen (secondary N) is 3. The summed E-state index contributed by atoms with van der Waals surface area (Å²) in [6.45, 7) is 96.3. The van der Waals surface area contributed by atoms with Gasteiger partial charge in [-0.25, -0.2) is 4.79 Å². The van der Waals surface area contributed by atoms with Crippen LogP contribution in [-0.2, 0) is 43.0 Å². The molecule has 0 saturated carbocycles. The van der Waals surface area contributed by atoms with E-state index in [-0.39, 0.29) is 66.7 Å². The molecule has 674 valence electrons. The first-order valence-corrected chi connectivity index (χ1v) is 45.3. The van der Waals surface area contributed by atoms with Crippen molar-refractivity contribution < 1.29 is 47.8 Å². The molecule has 0 aromatic carbocycles. The Labute approximate surface area is 708 Å². The van der Waals surface area contributed by atoms with Crippen molar-refractivity contribution in [2.45, 2.75) is 506 Å². The molecule has 113 heavy (non-hydrogen) atoms. The maximum Gasteiger partial charge on any atom is 0.408 e. The minimum absolute atomic E-state index is 0.0594. The topological polar surface area (TPSA) is 191 Å². The Bertz CT molecular complexity index is 2600. The molecule has 0 heterocycles. The number of ketones is 6. The summed E-state index contributed by atoms with van der Waals surface area (Å²) in [5.41, 5.74) is -1.12. The molecule has 3 N–H and O–H groups in total. The number of ether oxygens (including phenoxy) is 2. The third kappa shape index (κ3) is 75.0. The molecule has 0 aromatic rings. The summed E-state index contributed by atoms with van der Waals surface area (Å²) in [6.07, 6.45) is 25.7. The van der Waals surface area contributed by atoms with Crippen LogP contribution in [0.4, 0.5) is 4.79 Å². The lowest BCUT2D eigenvalue weighted by atomic mass is 9.72. The Kier molecular flexibility index (Phi) is 55.9. The van der Waals surface area contributed by atoms with E-state index in [4.69, 9.17) is 9.47 Å². The third-order valence-electron chi connectivity index (χ3n) is 18.9. The lowest BCUT2D eigenvalue weighted by molar-refractivity contribution is -0.148. The molecule has 2 amide bonds. The quantitative estimate of drug-likeness (QED) is 0.0500. The van der Waals surface area contributed by atoms with E-state index < -0.39 is 34.2 Å². The van der Waals surface area contributed by atoms with Crippen molar-refractivity contribution in [3.05, 3.63) is 0 Å². The molecule has 0 radical (unpaired) electrons. The summed E-state index contributed by atoms with van der Waals surface area (Å²) in [5.74, 6) is 2.45. The fraction of sp³-hybridized carbons (Fsp3) is 0.919. The molecule has 0 bridgehead atoms. The van der Waals surface area contributed by atoms with Crippen LogP contribution in [0.15, 0.2) is 0 Å². The van der Waals surface area contributed by atoms with Crippen LogP contribution in [0.1, 0.15) is 473 Å². The number of amides is 2. The number of hydrogen-bond donors (Lipinski definition) is 3. The summed E-state index contributed by atoms with van der Waals surface area (Å²) in [4.78, 5) is 96.6. The number of hydrogen-bond acceptors (Lipinski definition) is 12. The molecular formula is C99H197N3O10S. The van der Waals surface area contributed by atoms with Crippen LogP contribution >= 0.6 is 11.8 Å². The Morgan fingerprint density at radius 3 is 0.965 bits per heavy atom. The average Bonchev–Trinajstić information content (AvgIpc) is 0.847. The van der Waals surface area contributed by atoms with Crippen molar-refractivity contribution >= 4 is 58.5 Å². The normalized spacial score (nSPS) is 13.8. The van der Waals surface area contributed by atoms with E-state index in [0.29, 0.717) is 57.5 Å². The molecule has 14 heteroatoms. The first-order chi connectivity index (χ1) is 49.8. The number of rotatable bonds is 37. The monoisotopic (exact) mass is 1620 g/mol. The highest BCUT2D eigenvalue weighted by Crippen LogP contribution is 2.37. The molecule has 0 saturated heterocycles. The second-order valence-electron chi connectivity index (χ2n) is 48.8. The van der Waals surface area contributed by atoms with Crippen molar-refractivity contribution in [2.24, 2.45) is 65.0 Å². The van der Waals surface area contributed by atoms with Gasteiger partial charge in [-0.15, -0.1) is 11.8 Å². The highest BCUT2D eigenvalue weighted by molar-refractivity contribution is 8.01. The first-order valence-electron chi connectivity index (χ1n) is 44.3. The Balaban J connectivity index is -0.000000305. The van der Waals surface area contributed by atoms with Gasteiger partial charge >= 0.3 is 6.09 Å². The zero-order valence-corrected chi connectivity index (χ0v) is 85.1. The maximum absolute atomic E-state index is 12.6. The SMILES string of the molecule is CC(=O)NC(CCCCCC(C)(C)C)C(=O)C(C)(C)C.CC(C)(C)CCCCCC(NC(=O)OC(C)(C)C)C(=O)C(C)(C)C.CC(C)(C)CCCCCCC(=O)C(C)(C)C.CC(C)(C)CCCCOC(C)(C)C(=O)C(C)(C)C.CC(C)(C)CCCCSC(C)(C)C(=O)C(C)(C)C.CC(C)(C)NCCCC(C)(C)C(=O)C(C)(C)C. The summed E-state index contributed by atoms with van der Waals surface area (Å²) < 4.78 is 10.8. The number of thioether (sulfide) groups is 1. The summed E-state index contributed by atoms with van der Waals surface area (Å²) >= 11 is 1.81. The second-order valence-corrected chi connectivity index (χ2v) is 50.5. The predicted molar refractivity (Wildman–Crippen MR) is 494 cm³/mol. The molecule has 0 aromatic heterocycles. The van der Waals surface area contributed by atoms with E-state index in [0.717, 1.165) is 89.3 Å². The Hall–Kier alpha value is -2.97. The van der Waals surface area contributed by atoms with Crippen LogP contribution in [-0.4, -0.2) is 99.2 Å². The second kappa shape index (κ2) is 52.3. The Morgan fingerprint density at radius 2 is 0.655 bits per heavy atom. The summed E-state index contributed by atoms with van der Waals surface area (Å²) in [6, 6.07) is -0.809. The standard InChI is InChI=1S/C20H39NO3.C17H33NO2.C16H32O2.C16H32OS.C15H31NO.C15H30O/c1-18(2,3)14-12-10-11-13-15(16(22)19(4,5)6)21-17(23)24-20(7,8)9;1-13(19)18-14(15(20)17(5,6)7)11-9-8-10-12-16(2,3)4;2*1-14(2,3)11-9-10-12-18-16(7,8)13(17)15(4,5)6;1-13(2,3)12(17)15(7,8)10-9-11-16-14(4,5)6;1-14(2,3)12-10-8-7-9-11-13(16)15(4,5)6/h15H,10-14H2,1-9H3,(H,21,23);14H,8-12H2,1-7H3,(H,18,19);2*9-12H2,1-8H3;16H,9-11H2,1-8H3;7-12H2,1-6H3. The average molecular weight is 1620 g/mol. The van der Waals surface area contributed by atoms with E-state index in [1.165, 1.54) is 77.6 Å². The van der Waals surface area contributed by atoms with Gasteiger partial charge in [-0.3, -0.25) is 33.6 Å². The minimum Gasteiger partial charge on any atom is -0.444 e. The maximum atomic E-state index is 12.6. The molecule has 0 aliphatic carbocycles. The van der Waals surface area contributed by atoms with Gasteiger partial charge in [-0.2, -0.15) is 0 Å². The number of carbonyl (C=O) groups excluding carboxylic acids is 8. The van der Waals surface area contributed by atoms with Gasteiger partial charge in [0.2, 0.25) is 5.91 Å². The van der Waals surface area contributed by atoms with Gasteiger partial charge in [0.05, 0.1) is 16.8 Å². The fourth-order valence-corrected chi connectivity index (χ4v) is 13.8. The zero-order valence-electron chi connectivity index (χ0n) is 84.2. The van der Waals surface area contributed by atoms with Gasteiger partial charge in [0.25, 0.3) is 0 Å². The minimum atomic E-state index is -0.667. The van der Waals surface area contributed by atoms with Crippen molar-refractivity contribution in [3.8, 4) is 0 Å². The van der Waals surface area contributed by atoms with Crippen molar-refractivity contribution in [1.29, 1.82) is 0 Å². The van der Waals surface area contributed by atoms with Crippen LogP contribution in [0, 0.1) is 65.0 Å². The van der Waals surface area contributed by atoms with Crippen molar-refractivity contribution in [2.75, 3.05) is 18.9 Å². The van der Waals surface area contributed by atoms with E-state index >= 15 is 0 Å². The molecule has 2 unspecified atom stereocenters. The first kappa shape index (κ1) is 121. The van der Waals surface area contributed by atoms with Gasteiger partial charge in [0.1, 0.15) is 22.8 Å². The Morgan fingerprint density at radius 1 is 0.327 bits per heavy atom. The number of alkyl carbamates (subject to hydrolysis) is 1. The van der Waals surface area contributed by atoms with Crippen LogP contribution < -0.4 is 16.0 Å². The number of Topliss-reactive ketones (excluding diaryl/α,β-unsaturated/α-hetero) is 6. The highest BCUT2D eigenvalue weighted by atomic mass is 32.2. The molecule has 0 rings (SSSR count). The van der Waals surface area contributed by atoms with Crippen LogP contribution in [0.2, 0.25) is 0 Å². The molecule has 0 fully saturated rings. The fourth-order valence-electron chi connectivity index (χ4n) is 12.5. The molecule has 13 nitrogen and oxygen atoms in total. The molecular weight excluding hydrogens is 1420 g/mol. The number of carbonyl (C=O) groups is 8. The van der Waals surface area contributed by atoms with Gasteiger partial charge in [-0.1, -0.05) is 313 Å². The van der Waals surface area contributed by atoms with E-state index in [1.54, 1.807) is 0 Å². The summed E-state index contributed by atoms with van der Waals surface area (Å²) in [5, 5.41) is 9.04. The van der Waals surface area contributed by atoms with E-state index in [1.807, 2.05) is 171 Å².